The van der Waals surface area contributed by atoms with Gasteiger partial charge in [0.2, 0.25) is 5.88 Å². The van der Waals surface area contributed by atoms with Crippen LogP contribution in [-0.4, -0.2) is 22.9 Å². The SMILES string of the molecule is COc1ccc(NC(=O)c2c(O)n(OCc3ccccc3)c(=O)c3ccccc23)cc1Cl. The highest BCUT2D eigenvalue weighted by Crippen LogP contribution is 2.29. The van der Waals surface area contributed by atoms with E-state index in [-0.39, 0.29) is 17.6 Å². The van der Waals surface area contributed by atoms with Crippen LogP contribution in [0.1, 0.15) is 15.9 Å². The zero-order valence-electron chi connectivity index (χ0n) is 17.0. The number of methoxy groups -OCH3 is 1. The van der Waals surface area contributed by atoms with Crippen LogP contribution in [0.2, 0.25) is 5.02 Å². The molecule has 0 aliphatic carbocycles. The molecule has 162 valence electrons. The van der Waals surface area contributed by atoms with Gasteiger partial charge in [0.1, 0.15) is 17.9 Å². The van der Waals surface area contributed by atoms with Crippen molar-refractivity contribution in [1.82, 2.24) is 4.73 Å². The summed E-state index contributed by atoms with van der Waals surface area (Å²) in [5, 5.41) is 14.4. The lowest BCUT2D eigenvalue weighted by Crippen LogP contribution is -2.29. The third kappa shape index (κ3) is 4.10. The standard InChI is InChI=1S/C24H19ClN2O5/c1-31-20-12-11-16(13-19(20)25)26-22(28)21-17-9-5-6-10-18(17)23(29)27(24(21)30)32-14-15-7-3-2-4-8-15/h2-13,30H,14H2,1H3,(H,26,28). The van der Waals surface area contributed by atoms with Crippen molar-refractivity contribution in [3.05, 3.63) is 99.3 Å². The van der Waals surface area contributed by atoms with Crippen LogP contribution in [0.4, 0.5) is 5.69 Å². The topological polar surface area (TPSA) is 89.8 Å². The molecule has 4 aromatic rings. The molecule has 2 N–H and O–H groups in total. The molecule has 0 aliphatic heterocycles. The molecule has 0 spiro atoms. The molecule has 0 unspecified atom stereocenters. The molecule has 1 aromatic heterocycles. The highest BCUT2D eigenvalue weighted by Gasteiger charge is 2.23. The Labute approximate surface area is 188 Å². The number of fused-ring (bicyclic) bond motifs is 1. The van der Waals surface area contributed by atoms with Gasteiger partial charge in [0.05, 0.1) is 17.5 Å². The fourth-order valence-corrected chi connectivity index (χ4v) is 3.57. The minimum absolute atomic E-state index is 0.0296. The number of carbonyl (C=O) groups excluding carboxylic acids is 1. The summed E-state index contributed by atoms with van der Waals surface area (Å²) >= 11 is 6.14. The van der Waals surface area contributed by atoms with Crippen LogP contribution in [0.3, 0.4) is 0 Å². The summed E-state index contributed by atoms with van der Waals surface area (Å²) in [6, 6.07) is 20.4. The molecule has 0 atom stereocenters. The summed E-state index contributed by atoms with van der Waals surface area (Å²) in [5.41, 5.74) is 0.524. The summed E-state index contributed by atoms with van der Waals surface area (Å²) < 4.78 is 5.86. The summed E-state index contributed by atoms with van der Waals surface area (Å²) in [6.45, 7) is 0.0296. The monoisotopic (exact) mass is 450 g/mol. The predicted octanol–water partition coefficient (Wildman–Crippen LogP) is 4.25. The highest BCUT2D eigenvalue weighted by molar-refractivity contribution is 6.32. The van der Waals surface area contributed by atoms with Crippen molar-refractivity contribution in [2.45, 2.75) is 6.61 Å². The summed E-state index contributed by atoms with van der Waals surface area (Å²) in [6.07, 6.45) is 0. The van der Waals surface area contributed by atoms with Gasteiger partial charge in [-0.3, -0.25) is 9.59 Å². The number of anilines is 1. The van der Waals surface area contributed by atoms with Gasteiger partial charge < -0.3 is 20.0 Å². The molecule has 0 fully saturated rings. The highest BCUT2D eigenvalue weighted by atomic mass is 35.5. The molecule has 0 saturated carbocycles. The molecule has 1 heterocycles. The van der Waals surface area contributed by atoms with Crippen molar-refractivity contribution in [3.8, 4) is 11.6 Å². The Balaban J connectivity index is 1.75. The largest absolute Gasteiger partial charge is 0.495 e. The lowest BCUT2D eigenvalue weighted by atomic mass is 10.1. The lowest BCUT2D eigenvalue weighted by Gasteiger charge is -2.16. The maximum atomic E-state index is 13.1. The second-order valence-corrected chi connectivity index (χ2v) is 7.31. The molecule has 0 aliphatic rings. The first-order valence-electron chi connectivity index (χ1n) is 9.68. The smallest absolute Gasteiger partial charge is 0.294 e. The van der Waals surface area contributed by atoms with Gasteiger partial charge in [-0.1, -0.05) is 60.1 Å². The van der Waals surface area contributed by atoms with E-state index in [1.54, 1.807) is 36.4 Å². The lowest BCUT2D eigenvalue weighted by molar-refractivity contribution is 0.0705. The predicted molar refractivity (Wildman–Crippen MR) is 123 cm³/mol. The molecule has 1 amide bonds. The molecule has 32 heavy (non-hydrogen) atoms. The van der Waals surface area contributed by atoms with E-state index in [0.29, 0.717) is 21.8 Å². The number of amides is 1. The van der Waals surface area contributed by atoms with E-state index in [2.05, 4.69) is 5.32 Å². The Morgan fingerprint density at radius 3 is 2.41 bits per heavy atom. The number of hydrogen-bond acceptors (Lipinski definition) is 5. The maximum Gasteiger partial charge on any atom is 0.294 e. The van der Waals surface area contributed by atoms with Crippen molar-refractivity contribution in [1.29, 1.82) is 0 Å². The van der Waals surface area contributed by atoms with E-state index >= 15 is 0 Å². The second kappa shape index (κ2) is 9.03. The second-order valence-electron chi connectivity index (χ2n) is 6.91. The van der Waals surface area contributed by atoms with Gasteiger partial charge in [-0.2, -0.15) is 0 Å². The van der Waals surface area contributed by atoms with Crippen LogP contribution < -0.4 is 20.5 Å². The van der Waals surface area contributed by atoms with Gasteiger partial charge in [-0.15, -0.1) is 4.73 Å². The number of aromatic hydroxyl groups is 1. The minimum atomic E-state index is -0.628. The maximum absolute atomic E-state index is 13.1. The fraction of sp³-hybridized carbons (Fsp3) is 0.0833. The minimum Gasteiger partial charge on any atom is -0.495 e. The van der Waals surface area contributed by atoms with Gasteiger partial charge in [-0.05, 0) is 29.8 Å². The van der Waals surface area contributed by atoms with E-state index in [0.717, 1.165) is 10.3 Å². The van der Waals surface area contributed by atoms with Gasteiger partial charge in [0.15, 0.2) is 0 Å². The Bertz CT molecular complexity index is 1350. The molecule has 4 rings (SSSR count). The van der Waals surface area contributed by atoms with E-state index in [9.17, 15) is 14.7 Å². The number of hydrogen-bond donors (Lipinski definition) is 2. The van der Waals surface area contributed by atoms with E-state index in [1.807, 2.05) is 30.3 Å². The van der Waals surface area contributed by atoms with Gasteiger partial charge in [0, 0.05) is 11.1 Å². The number of carbonyl (C=O) groups is 1. The number of pyridine rings is 1. The van der Waals surface area contributed by atoms with Crippen LogP contribution in [-0.2, 0) is 6.61 Å². The van der Waals surface area contributed by atoms with Crippen LogP contribution in [0.5, 0.6) is 11.6 Å². The third-order valence-corrected chi connectivity index (χ3v) is 5.16. The summed E-state index contributed by atoms with van der Waals surface area (Å²) in [5.74, 6) is -0.764. The van der Waals surface area contributed by atoms with Gasteiger partial charge in [0.25, 0.3) is 11.5 Å². The molecular weight excluding hydrogens is 432 g/mol. The van der Waals surface area contributed by atoms with Gasteiger partial charge in [-0.25, -0.2) is 0 Å². The molecule has 8 heteroatoms. The van der Waals surface area contributed by atoms with Gasteiger partial charge >= 0.3 is 0 Å². The van der Waals surface area contributed by atoms with E-state index in [4.69, 9.17) is 21.2 Å². The fourth-order valence-electron chi connectivity index (χ4n) is 3.31. The van der Waals surface area contributed by atoms with E-state index in [1.165, 1.54) is 13.2 Å². The third-order valence-electron chi connectivity index (χ3n) is 4.87. The van der Waals surface area contributed by atoms with Crippen LogP contribution in [0.25, 0.3) is 10.8 Å². The summed E-state index contributed by atoms with van der Waals surface area (Å²) in [4.78, 5) is 31.7. The zero-order chi connectivity index (χ0) is 22.7. The number of aromatic nitrogens is 1. The van der Waals surface area contributed by atoms with Crippen molar-refractivity contribution < 1.29 is 19.5 Å². The Morgan fingerprint density at radius 1 is 1.03 bits per heavy atom. The Hall–Kier alpha value is -3.97. The van der Waals surface area contributed by atoms with Crippen molar-refractivity contribution in [2.75, 3.05) is 12.4 Å². The number of rotatable bonds is 6. The zero-order valence-corrected chi connectivity index (χ0v) is 17.8. The Kier molecular flexibility index (Phi) is 6.00. The number of halogens is 1. The molecule has 0 saturated heterocycles. The quantitative estimate of drug-likeness (QED) is 0.458. The average Bonchev–Trinajstić information content (AvgIpc) is 2.80. The molecular formula is C24H19ClN2O5. The molecule has 0 bridgehead atoms. The molecule has 7 nitrogen and oxygen atoms in total. The molecule has 3 aromatic carbocycles. The number of ether oxygens (including phenoxy) is 1. The number of nitrogens with one attached hydrogen (secondary N) is 1. The van der Waals surface area contributed by atoms with Crippen LogP contribution >= 0.6 is 11.6 Å². The van der Waals surface area contributed by atoms with Crippen molar-refractivity contribution >= 4 is 34.0 Å². The first kappa shape index (κ1) is 21.3. The first-order chi connectivity index (χ1) is 15.5. The van der Waals surface area contributed by atoms with Crippen molar-refractivity contribution in [3.63, 3.8) is 0 Å². The molecule has 0 radical (unpaired) electrons. The number of nitrogens with zero attached hydrogens (tertiary/aromatic N) is 1. The van der Waals surface area contributed by atoms with Crippen molar-refractivity contribution in [2.24, 2.45) is 0 Å². The normalized spacial score (nSPS) is 10.7. The van der Waals surface area contributed by atoms with Crippen LogP contribution in [0.15, 0.2) is 77.6 Å². The van der Waals surface area contributed by atoms with E-state index < -0.39 is 17.3 Å². The first-order valence-corrected chi connectivity index (χ1v) is 10.1. The van der Waals surface area contributed by atoms with Crippen LogP contribution in [0, 0.1) is 0 Å². The average molecular weight is 451 g/mol. The summed E-state index contributed by atoms with van der Waals surface area (Å²) in [7, 11) is 1.49. The number of benzene rings is 3. The Morgan fingerprint density at radius 2 is 1.72 bits per heavy atom.